The summed E-state index contributed by atoms with van der Waals surface area (Å²) >= 11 is 2.64. The molecule has 0 bridgehead atoms. The van der Waals surface area contributed by atoms with Crippen LogP contribution < -0.4 is 10.6 Å². The van der Waals surface area contributed by atoms with Gasteiger partial charge in [-0.2, -0.15) is 0 Å². The number of hydrogen-bond acceptors (Lipinski definition) is 8. The number of fused-ring (bicyclic) bond motifs is 1. The van der Waals surface area contributed by atoms with E-state index < -0.39 is 29.3 Å². The fourth-order valence-electron chi connectivity index (χ4n) is 3.36. The minimum atomic E-state index is -1.18. The lowest BCUT2D eigenvalue weighted by molar-refractivity contribution is -0.148. The Morgan fingerprint density at radius 2 is 2.03 bits per heavy atom. The van der Waals surface area contributed by atoms with Crippen molar-refractivity contribution in [2.75, 3.05) is 11.5 Å². The number of carboxylic acids is 1. The predicted octanol–water partition coefficient (Wildman–Crippen LogP) is 1.90. The average molecular weight is 476 g/mol. The van der Waals surface area contributed by atoms with Crippen molar-refractivity contribution < 1.29 is 23.9 Å². The number of aryl methyl sites for hydroxylation is 2. The third-order valence-electron chi connectivity index (χ3n) is 4.99. The highest BCUT2D eigenvalue weighted by Gasteiger charge is 2.54. The van der Waals surface area contributed by atoms with Crippen molar-refractivity contribution in [3.05, 3.63) is 52.6 Å². The molecule has 1 aromatic carbocycles. The van der Waals surface area contributed by atoms with Crippen LogP contribution in [0.15, 0.2) is 45.2 Å². The third-order valence-corrected chi connectivity index (χ3v) is 7.23. The van der Waals surface area contributed by atoms with Gasteiger partial charge in [0.15, 0.2) is 0 Å². The van der Waals surface area contributed by atoms with Gasteiger partial charge >= 0.3 is 12.0 Å². The number of hydrogen-bond donors (Lipinski definition) is 3. The number of nitrogens with one attached hydrogen (secondary N) is 2. The summed E-state index contributed by atoms with van der Waals surface area (Å²) in [5.74, 6) is -0.476. The van der Waals surface area contributed by atoms with Crippen LogP contribution in [0.5, 0.6) is 0 Å². The van der Waals surface area contributed by atoms with Crippen LogP contribution >= 0.6 is 23.5 Å². The van der Waals surface area contributed by atoms with E-state index in [0.717, 1.165) is 11.1 Å². The molecule has 3 heterocycles. The van der Waals surface area contributed by atoms with Gasteiger partial charge in [0.05, 0.1) is 0 Å². The highest BCUT2D eigenvalue weighted by atomic mass is 32.2. The van der Waals surface area contributed by atoms with Gasteiger partial charge in [-0.25, -0.2) is 9.59 Å². The predicted molar refractivity (Wildman–Crippen MR) is 118 cm³/mol. The summed E-state index contributed by atoms with van der Waals surface area (Å²) in [7, 11) is 0. The normalized spacial score (nSPS) is 19.9. The average Bonchev–Trinajstić information content (AvgIpc) is 3.19. The molecular weight excluding hydrogens is 454 g/mol. The van der Waals surface area contributed by atoms with E-state index in [1.54, 1.807) is 6.92 Å². The van der Waals surface area contributed by atoms with E-state index in [9.17, 15) is 19.5 Å². The summed E-state index contributed by atoms with van der Waals surface area (Å²) in [6.45, 7) is 3.98. The van der Waals surface area contributed by atoms with Crippen molar-refractivity contribution in [3.63, 3.8) is 0 Å². The molecule has 168 valence electrons. The van der Waals surface area contributed by atoms with Gasteiger partial charge < -0.3 is 20.2 Å². The standard InChI is InChI=1S/C20H21N5O5S2/c1-10-3-5-12(6-4-10)7-21-19(29)22-14-16(26)25-15(18(27)28)13(8-31-17(14)25)9-32-20-24-23-11(2)30-20/h3-6,14,17H,7-9H2,1-2H3,(H,27,28)(H2,21,22,29)/t14?,17-/m1/s1. The number of amides is 3. The summed E-state index contributed by atoms with van der Waals surface area (Å²) in [5, 5.41) is 22.6. The first-order chi connectivity index (χ1) is 15.3. The Morgan fingerprint density at radius 3 is 2.69 bits per heavy atom. The molecule has 2 atom stereocenters. The number of β-lactam (4-membered cyclic amide) rings is 1. The molecule has 10 nitrogen and oxygen atoms in total. The molecule has 2 aromatic rings. The molecular formula is C20H21N5O5S2. The first-order valence-corrected chi connectivity index (χ1v) is 11.8. The Morgan fingerprint density at radius 1 is 1.28 bits per heavy atom. The van der Waals surface area contributed by atoms with Crippen molar-refractivity contribution in [3.8, 4) is 0 Å². The zero-order chi connectivity index (χ0) is 22.8. The van der Waals surface area contributed by atoms with Crippen LogP contribution in [0.25, 0.3) is 0 Å². The molecule has 2 aliphatic rings. The Kier molecular flexibility index (Phi) is 6.42. The lowest BCUT2D eigenvalue weighted by atomic mass is 10.0. The molecule has 1 fully saturated rings. The Bertz CT molecular complexity index is 1080. The zero-order valence-electron chi connectivity index (χ0n) is 17.3. The second kappa shape index (κ2) is 9.25. The number of thioether (sulfide) groups is 2. The molecule has 0 radical (unpaired) electrons. The van der Waals surface area contributed by atoms with Crippen LogP contribution in [0.1, 0.15) is 17.0 Å². The van der Waals surface area contributed by atoms with Crippen LogP contribution in [-0.2, 0) is 16.1 Å². The molecule has 1 saturated heterocycles. The first kappa shape index (κ1) is 22.2. The van der Waals surface area contributed by atoms with Crippen LogP contribution in [0.3, 0.4) is 0 Å². The van der Waals surface area contributed by atoms with Gasteiger partial charge in [0.2, 0.25) is 5.89 Å². The monoisotopic (exact) mass is 475 g/mol. The molecule has 32 heavy (non-hydrogen) atoms. The summed E-state index contributed by atoms with van der Waals surface area (Å²) in [6.07, 6.45) is 0. The SMILES string of the molecule is Cc1ccc(CNC(=O)NC2C(=O)N3C(C(=O)O)=C(CSc4nnc(C)o4)CS[C@H]23)cc1. The molecule has 12 heteroatoms. The third kappa shape index (κ3) is 4.60. The van der Waals surface area contributed by atoms with E-state index in [-0.39, 0.29) is 5.70 Å². The van der Waals surface area contributed by atoms with E-state index in [1.807, 2.05) is 31.2 Å². The molecule has 1 aromatic heterocycles. The summed E-state index contributed by atoms with van der Waals surface area (Å²) in [6, 6.07) is 6.49. The van der Waals surface area contributed by atoms with Gasteiger partial charge in [-0.1, -0.05) is 41.6 Å². The smallest absolute Gasteiger partial charge is 0.352 e. The Labute approximate surface area is 192 Å². The maximum Gasteiger partial charge on any atom is 0.352 e. The Hall–Kier alpha value is -2.99. The number of benzene rings is 1. The van der Waals surface area contributed by atoms with E-state index in [0.29, 0.717) is 34.7 Å². The van der Waals surface area contributed by atoms with E-state index in [4.69, 9.17) is 4.42 Å². The maximum absolute atomic E-state index is 12.7. The largest absolute Gasteiger partial charge is 0.477 e. The lowest BCUT2D eigenvalue weighted by Crippen LogP contribution is -2.71. The number of carbonyl (C=O) groups is 3. The number of urea groups is 1. The van der Waals surface area contributed by atoms with Gasteiger partial charge in [-0.05, 0) is 18.1 Å². The van der Waals surface area contributed by atoms with Gasteiger partial charge in [-0.15, -0.1) is 22.0 Å². The van der Waals surface area contributed by atoms with Crippen molar-refractivity contribution in [1.82, 2.24) is 25.7 Å². The fraction of sp³-hybridized carbons (Fsp3) is 0.350. The lowest BCUT2D eigenvalue weighted by Gasteiger charge is -2.49. The number of aliphatic carboxylic acids is 1. The molecule has 1 unspecified atom stereocenters. The fourth-order valence-corrected chi connectivity index (χ4v) is 5.65. The quantitative estimate of drug-likeness (QED) is 0.405. The minimum absolute atomic E-state index is 0.0411. The molecule has 2 aliphatic heterocycles. The summed E-state index contributed by atoms with van der Waals surface area (Å²) in [4.78, 5) is 38.1. The van der Waals surface area contributed by atoms with Crippen molar-refractivity contribution in [2.45, 2.75) is 37.0 Å². The summed E-state index contributed by atoms with van der Waals surface area (Å²) < 4.78 is 5.30. The minimum Gasteiger partial charge on any atom is -0.477 e. The highest BCUT2D eigenvalue weighted by molar-refractivity contribution is 8.01. The van der Waals surface area contributed by atoms with Gasteiger partial charge in [0.25, 0.3) is 11.1 Å². The van der Waals surface area contributed by atoms with Gasteiger partial charge in [0, 0.05) is 25.0 Å². The van der Waals surface area contributed by atoms with Crippen molar-refractivity contribution in [2.24, 2.45) is 0 Å². The van der Waals surface area contributed by atoms with Crippen molar-refractivity contribution in [1.29, 1.82) is 0 Å². The van der Waals surface area contributed by atoms with Crippen LogP contribution in [0.4, 0.5) is 4.79 Å². The number of carbonyl (C=O) groups excluding carboxylic acids is 2. The van der Waals surface area contributed by atoms with E-state index >= 15 is 0 Å². The topological polar surface area (TPSA) is 138 Å². The van der Waals surface area contributed by atoms with E-state index in [1.165, 1.54) is 28.4 Å². The number of rotatable bonds is 7. The number of nitrogens with zero attached hydrogens (tertiary/aromatic N) is 3. The van der Waals surface area contributed by atoms with Crippen LogP contribution in [-0.4, -0.2) is 61.0 Å². The number of carboxylic acid groups (broad SMARTS) is 1. The van der Waals surface area contributed by atoms with Gasteiger partial charge in [-0.3, -0.25) is 9.69 Å². The Balaban J connectivity index is 1.37. The molecule has 3 amide bonds. The molecule has 3 N–H and O–H groups in total. The zero-order valence-corrected chi connectivity index (χ0v) is 19.0. The van der Waals surface area contributed by atoms with Crippen molar-refractivity contribution >= 4 is 41.4 Å². The highest BCUT2D eigenvalue weighted by Crippen LogP contribution is 2.41. The van der Waals surface area contributed by atoms with E-state index in [2.05, 4.69) is 20.8 Å². The molecule has 0 saturated carbocycles. The van der Waals surface area contributed by atoms with Crippen LogP contribution in [0, 0.1) is 13.8 Å². The number of aromatic nitrogens is 2. The van der Waals surface area contributed by atoms with Crippen LogP contribution in [0.2, 0.25) is 0 Å². The maximum atomic E-state index is 12.7. The summed E-state index contributed by atoms with van der Waals surface area (Å²) in [5.41, 5.74) is 2.62. The first-order valence-electron chi connectivity index (χ1n) is 9.76. The second-order valence-electron chi connectivity index (χ2n) is 7.33. The molecule has 4 rings (SSSR count). The van der Waals surface area contributed by atoms with Gasteiger partial charge in [0.1, 0.15) is 17.1 Å². The molecule has 0 aliphatic carbocycles. The molecule has 0 spiro atoms. The second-order valence-corrected chi connectivity index (χ2v) is 9.36.